The van der Waals surface area contributed by atoms with E-state index in [4.69, 9.17) is 4.74 Å². The van der Waals surface area contributed by atoms with Crippen LogP contribution in [-0.4, -0.2) is 28.7 Å². The molecule has 0 aliphatic carbocycles. The van der Waals surface area contributed by atoms with Crippen molar-refractivity contribution in [3.8, 4) is 23.3 Å². The number of allylic oxidation sites excluding steroid dienone is 2. The number of ketones is 1. The van der Waals surface area contributed by atoms with Gasteiger partial charge in [0.05, 0.1) is 9.71 Å². The van der Waals surface area contributed by atoms with Crippen molar-refractivity contribution in [2.75, 3.05) is 6.61 Å². The molecule has 0 saturated heterocycles. The number of rotatable bonds is 5. The van der Waals surface area contributed by atoms with Gasteiger partial charge in [0, 0.05) is 18.1 Å². The number of aromatic hydroxyl groups is 1. The number of carbonyl (C=O) groups is 1. The number of halogens is 3. The number of phenols is 1. The Balaban J connectivity index is 1.60. The Morgan fingerprint density at radius 3 is 2.87 bits per heavy atom. The number of phenolic OH excluding ortho intramolecular Hbond substituents is 1. The van der Waals surface area contributed by atoms with Crippen LogP contribution in [0.2, 0.25) is 0 Å². The number of hydrogen-bond acceptors (Lipinski definition) is 5. The van der Waals surface area contributed by atoms with Crippen LogP contribution in [-0.2, 0) is 11.2 Å². The van der Waals surface area contributed by atoms with Crippen LogP contribution in [0.5, 0.6) is 11.5 Å². The van der Waals surface area contributed by atoms with Gasteiger partial charge in [-0.1, -0.05) is 24.0 Å². The van der Waals surface area contributed by atoms with E-state index in [2.05, 4.69) is 16.8 Å². The van der Waals surface area contributed by atoms with Gasteiger partial charge in [-0.25, -0.2) is 4.98 Å². The normalized spacial score (nSPS) is 11.5. The molecule has 0 saturated carbocycles. The second-order valence-corrected chi connectivity index (χ2v) is 7.57. The number of alkyl halides is 3. The highest BCUT2D eigenvalue weighted by Gasteiger charge is 2.22. The summed E-state index contributed by atoms with van der Waals surface area (Å²) in [6.45, 7) is 1.92. The van der Waals surface area contributed by atoms with E-state index in [0.717, 1.165) is 9.71 Å². The highest BCUT2D eigenvalue weighted by molar-refractivity contribution is 7.18. The van der Waals surface area contributed by atoms with Crippen molar-refractivity contribution in [3.63, 3.8) is 0 Å². The second-order valence-electron chi connectivity index (χ2n) is 6.33. The number of aryl methyl sites for hydroxylation is 1. The Morgan fingerprint density at radius 2 is 2.10 bits per heavy atom. The molecule has 154 valence electrons. The number of fused-ring (bicyclic) bond motifs is 1. The standard InChI is InChI=1S/C22H16F3NO3S/c1-14-26-21-19(28)12-16(13-20(21)30-14)5-3-9-29-18-6-2-4-15(11-18)10-17(27)7-8-22(23,24)25/h2,4,6-8,11-13,28H,9-10H2,1H3/b8-7+. The first-order valence-electron chi connectivity index (χ1n) is 8.79. The molecule has 0 spiro atoms. The third-order valence-corrected chi connectivity index (χ3v) is 4.78. The lowest BCUT2D eigenvalue weighted by Gasteiger charge is -2.04. The van der Waals surface area contributed by atoms with Crippen LogP contribution in [0.1, 0.15) is 16.1 Å². The van der Waals surface area contributed by atoms with Crippen LogP contribution in [0.3, 0.4) is 0 Å². The van der Waals surface area contributed by atoms with E-state index in [1.54, 1.807) is 24.3 Å². The lowest BCUT2D eigenvalue weighted by atomic mass is 10.1. The number of benzene rings is 2. The highest BCUT2D eigenvalue weighted by Crippen LogP contribution is 2.30. The summed E-state index contributed by atoms with van der Waals surface area (Å²) in [5.74, 6) is 5.62. The Labute approximate surface area is 174 Å². The molecule has 3 rings (SSSR count). The van der Waals surface area contributed by atoms with Gasteiger partial charge in [-0.15, -0.1) is 11.3 Å². The largest absolute Gasteiger partial charge is 0.506 e. The van der Waals surface area contributed by atoms with Crippen molar-refractivity contribution in [2.24, 2.45) is 0 Å². The first-order chi connectivity index (χ1) is 14.2. The van der Waals surface area contributed by atoms with Gasteiger partial charge in [0.25, 0.3) is 0 Å². The first kappa shape index (κ1) is 21.4. The maximum Gasteiger partial charge on any atom is 0.409 e. The van der Waals surface area contributed by atoms with E-state index in [9.17, 15) is 23.1 Å². The van der Waals surface area contributed by atoms with Crippen molar-refractivity contribution in [2.45, 2.75) is 19.5 Å². The molecule has 0 atom stereocenters. The zero-order chi connectivity index (χ0) is 21.7. The predicted octanol–water partition coefficient (Wildman–Crippen LogP) is 4.97. The Kier molecular flexibility index (Phi) is 6.43. The van der Waals surface area contributed by atoms with Gasteiger partial charge in [-0.05, 0) is 42.8 Å². The van der Waals surface area contributed by atoms with Crippen molar-refractivity contribution in [3.05, 3.63) is 64.7 Å². The van der Waals surface area contributed by atoms with Crippen LogP contribution in [0.15, 0.2) is 48.6 Å². The molecular formula is C22H16F3NO3S. The minimum Gasteiger partial charge on any atom is -0.506 e. The summed E-state index contributed by atoms with van der Waals surface area (Å²) in [5.41, 5.74) is 1.71. The monoisotopic (exact) mass is 431 g/mol. The van der Waals surface area contributed by atoms with E-state index in [1.165, 1.54) is 17.4 Å². The topological polar surface area (TPSA) is 59.4 Å². The summed E-state index contributed by atoms with van der Waals surface area (Å²) in [5, 5.41) is 10.9. The third kappa shape index (κ3) is 6.09. The Bertz CT molecular complexity index is 1170. The average molecular weight is 431 g/mol. The van der Waals surface area contributed by atoms with Crippen LogP contribution < -0.4 is 4.74 Å². The van der Waals surface area contributed by atoms with Gasteiger partial charge >= 0.3 is 6.18 Å². The predicted molar refractivity (Wildman–Crippen MR) is 109 cm³/mol. The van der Waals surface area contributed by atoms with E-state index in [0.29, 0.717) is 28.5 Å². The molecule has 3 aromatic rings. The summed E-state index contributed by atoms with van der Waals surface area (Å²) >= 11 is 1.46. The molecule has 1 aromatic heterocycles. The zero-order valence-corrected chi connectivity index (χ0v) is 16.6. The van der Waals surface area contributed by atoms with Gasteiger partial charge in [0.15, 0.2) is 5.78 Å². The van der Waals surface area contributed by atoms with E-state index in [-0.39, 0.29) is 24.9 Å². The highest BCUT2D eigenvalue weighted by atomic mass is 32.1. The second kappa shape index (κ2) is 9.01. The van der Waals surface area contributed by atoms with Crippen LogP contribution in [0, 0.1) is 18.8 Å². The molecule has 1 N–H and O–H groups in total. The molecule has 4 nitrogen and oxygen atoms in total. The van der Waals surface area contributed by atoms with Crippen LogP contribution in [0.25, 0.3) is 10.2 Å². The third-order valence-electron chi connectivity index (χ3n) is 3.86. The van der Waals surface area contributed by atoms with Crippen molar-refractivity contribution < 1.29 is 27.8 Å². The Morgan fingerprint density at radius 1 is 1.30 bits per heavy atom. The molecule has 2 aromatic carbocycles. The maximum absolute atomic E-state index is 12.1. The number of thiazole rings is 1. The van der Waals surface area contributed by atoms with E-state index in [1.807, 2.05) is 13.0 Å². The maximum atomic E-state index is 12.1. The van der Waals surface area contributed by atoms with Crippen molar-refractivity contribution >= 4 is 27.3 Å². The molecule has 30 heavy (non-hydrogen) atoms. The molecule has 0 bridgehead atoms. The first-order valence-corrected chi connectivity index (χ1v) is 9.61. The summed E-state index contributed by atoms with van der Waals surface area (Å²) < 4.78 is 42.8. The Hall–Kier alpha value is -3.31. The molecule has 0 fully saturated rings. The SMILES string of the molecule is Cc1nc2c(O)cc(C#CCOc3cccc(CC(=O)/C=C/C(F)(F)F)c3)cc2s1. The number of nitrogens with zero attached hydrogens (tertiary/aromatic N) is 1. The van der Waals surface area contributed by atoms with E-state index < -0.39 is 12.0 Å². The number of ether oxygens (including phenoxy) is 1. The van der Waals surface area contributed by atoms with E-state index >= 15 is 0 Å². The molecule has 0 amide bonds. The van der Waals surface area contributed by atoms with Crippen molar-refractivity contribution in [1.82, 2.24) is 4.98 Å². The molecule has 0 unspecified atom stereocenters. The average Bonchev–Trinajstić information content (AvgIpc) is 3.04. The minimum absolute atomic E-state index is 0.0614. The summed E-state index contributed by atoms with van der Waals surface area (Å²) in [7, 11) is 0. The molecule has 0 radical (unpaired) electrons. The van der Waals surface area contributed by atoms with Gasteiger partial charge in [0.1, 0.15) is 23.6 Å². The van der Waals surface area contributed by atoms with Gasteiger partial charge in [-0.2, -0.15) is 13.2 Å². The lowest BCUT2D eigenvalue weighted by molar-refractivity contribution is -0.114. The minimum atomic E-state index is -4.51. The molecular weight excluding hydrogens is 415 g/mol. The zero-order valence-electron chi connectivity index (χ0n) is 15.8. The fourth-order valence-corrected chi connectivity index (χ4v) is 3.53. The number of carbonyl (C=O) groups excluding carboxylic acids is 1. The van der Waals surface area contributed by atoms with Gasteiger partial charge in [0.2, 0.25) is 0 Å². The summed E-state index contributed by atoms with van der Waals surface area (Å²) in [6, 6.07) is 9.91. The van der Waals surface area contributed by atoms with Gasteiger partial charge < -0.3 is 9.84 Å². The van der Waals surface area contributed by atoms with Crippen LogP contribution >= 0.6 is 11.3 Å². The fraction of sp³-hybridized carbons (Fsp3) is 0.182. The van der Waals surface area contributed by atoms with Crippen molar-refractivity contribution in [1.29, 1.82) is 0 Å². The molecule has 0 aliphatic rings. The lowest BCUT2D eigenvalue weighted by Crippen LogP contribution is -2.05. The summed E-state index contributed by atoms with van der Waals surface area (Å²) in [6.07, 6.45) is -4.23. The number of aromatic nitrogens is 1. The molecule has 8 heteroatoms. The quantitative estimate of drug-likeness (QED) is 0.458. The number of hydrogen-bond donors (Lipinski definition) is 1. The summed E-state index contributed by atoms with van der Waals surface area (Å²) in [4.78, 5) is 15.9. The fourth-order valence-electron chi connectivity index (χ4n) is 2.65. The van der Waals surface area contributed by atoms with Crippen LogP contribution in [0.4, 0.5) is 13.2 Å². The molecule has 0 aliphatic heterocycles. The molecule has 1 heterocycles. The smallest absolute Gasteiger partial charge is 0.409 e. The van der Waals surface area contributed by atoms with Gasteiger partial charge in [-0.3, -0.25) is 4.79 Å².